The molecule has 0 aliphatic carbocycles. The summed E-state index contributed by atoms with van der Waals surface area (Å²) < 4.78 is 5.01. The molecule has 0 aromatic heterocycles. The summed E-state index contributed by atoms with van der Waals surface area (Å²) in [6, 6.07) is 5.86. The van der Waals surface area contributed by atoms with E-state index in [2.05, 4.69) is 22.9 Å². The van der Waals surface area contributed by atoms with Gasteiger partial charge >= 0.3 is 5.97 Å². The number of halogens is 1. The van der Waals surface area contributed by atoms with Gasteiger partial charge in [0.1, 0.15) is 0 Å². The number of hydrogen-bond donors (Lipinski definition) is 0. The van der Waals surface area contributed by atoms with E-state index in [0.29, 0.717) is 12.2 Å². The van der Waals surface area contributed by atoms with Crippen LogP contribution in [-0.2, 0) is 17.6 Å². The third-order valence-electron chi connectivity index (χ3n) is 2.68. The van der Waals surface area contributed by atoms with Gasteiger partial charge in [-0.3, -0.25) is 0 Å². The van der Waals surface area contributed by atoms with Gasteiger partial charge in [0.15, 0.2) is 0 Å². The molecule has 3 heteroatoms. The molecule has 0 unspecified atom stereocenters. The Kier molecular flexibility index (Phi) is 6.27. The SMILES string of the molecule is CCOC(=O)c1ccc(CC)c(CCCBr)c1. The van der Waals surface area contributed by atoms with Crippen molar-refractivity contribution in [2.75, 3.05) is 11.9 Å². The molecule has 0 saturated heterocycles. The Morgan fingerprint density at radius 3 is 2.65 bits per heavy atom. The normalized spacial score (nSPS) is 10.3. The average molecular weight is 299 g/mol. The van der Waals surface area contributed by atoms with E-state index < -0.39 is 0 Å². The third-order valence-corrected chi connectivity index (χ3v) is 3.24. The minimum absolute atomic E-state index is 0.227. The number of carbonyl (C=O) groups excluding carboxylic acids is 1. The van der Waals surface area contributed by atoms with Crippen molar-refractivity contribution >= 4 is 21.9 Å². The van der Waals surface area contributed by atoms with Gasteiger partial charge in [-0.1, -0.05) is 28.9 Å². The second-order valence-electron chi connectivity index (χ2n) is 3.85. The van der Waals surface area contributed by atoms with E-state index in [4.69, 9.17) is 4.74 Å². The van der Waals surface area contributed by atoms with E-state index in [9.17, 15) is 4.79 Å². The number of ether oxygens (including phenoxy) is 1. The average Bonchev–Trinajstić information content (AvgIpc) is 2.36. The minimum atomic E-state index is -0.227. The zero-order valence-corrected chi connectivity index (χ0v) is 12.0. The lowest BCUT2D eigenvalue weighted by atomic mass is 9.98. The van der Waals surface area contributed by atoms with Crippen molar-refractivity contribution in [3.05, 3.63) is 34.9 Å². The highest BCUT2D eigenvalue weighted by molar-refractivity contribution is 9.09. The van der Waals surface area contributed by atoms with E-state index >= 15 is 0 Å². The monoisotopic (exact) mass is 298 g/mol. The zero-order valence-electron chi connectivity index (χ0n) is 10.5. The molecular weight excluding hydrogens is 280 g/mol. The Balaban J connectivity index is 2.91. The number of benzene rings is 1. The van der Waals surface area contributed by atoms with E-state index in [1.807, 2.05) is 25.1 Å². The van der Waals surface area contributed by atoms with Crippen molar-refractivity contribution in [1.29, 1.82) is 0 Å². The molecule has 2 nitrogen and oxygen atoms in total. The van der Waals surface area contributed by atoms with Crippen LogP contribution in [0.15, 0.2) is 18.2 Å². The molecule has 0 amide bonds. The highest BCUT2D eigenvalue weighted by Crippen LogP contribution is 2.16. The summed E-state index contributed by atoms with van der Waals surface area (Å²) in [5.74, 6) is -0.227. The molecule has 0 fully saturated rings. The fourth-order valence-electron chi connectivity index (χ4n) is 1.80. The van der Waals surface area contributed by atoms with Crippen LogP contribution in [0.3, 0.4) is 0 Å². The molecule has 0 radical (unpaired) electrons. The van der Waals surface area contributed by atoms with Gasteiger partial charge in [-0.05, 0) is 49.4 Å². The number of rotatable bonds is 6. The third kappa shape index (κ3) is 4.15. The highest BCUT2D eigenvalue weighted by atomic mass is 79.9. The molecule has 1 rings (SSSR count). The van der Waals surface area contributed by atoms with Gasteiger partial charge in [-0.2, -0.15) is 0 Å². The van der Waals surface area contributed by atoms with Crippen LogP contribution in [0, 0.1) is 0 Å². The molecule has 0 atom stereocenters. The zero-order chi connectivity index (χ0) is 12.7. The molecule has 0 aliphatic rings. The second-order valence-corrected chi connectivity index (χ2v) is 4.64. The standard InChI is InChI=1S/C14H19BrO2/c1-3-11-7-8-13(14(16)17-4-2)10-12(11)6-5-9-15/h7-8,10H,3-6,9H2,1-2H3. The molecule has 0 saturated carbocycles. The summed E-state index contributed by atoms with van der Waals surface area (Å²) in [5.41, 5.74) is 3.24. The van der Waals surface area contributed by atoms with Crippen LogP contribution in [-0.4, -0.2) is 17.9 Å². The van der Waals surface area contributed by atoms with Crippen molar-refractivity contribution in [3.63, 3.8) is 0 Å². The van der Waals surface area contributed by atoms with Gasteiger partial charge in [-0.15, -0.1) is 0 Å². The summed E-state index contributed by atoms with van der Waals surface area (Å²) >= 11 is 3.43. The van der Waals surface area contributed by atoms with E-state index in [0.717, 1.165) is 24.6 Å². The summed E-state index contributed by atoms with van der Waals surface area (Å²) in [6.07, 6.45) is 3.08. The molecule has 0 heterocycles. The van der Waals surface area contributed by atoms with Crippen LogP contribution in [0.1, 0.15) is 41.8 Å². The first-order valence-corrected chi connectivity index (χ1v) is 7.20. The number of carbonyl (C=O) groups is 1. The summed E-state index contributed by atoms with van der Waals surface area (Å²) in [6.45, 7) is 4.38. The van der Waals surface area contributed by atoms with Crippen molar-refractivity contribution < 1.29 is 9.53 Å². The van der Waals surface area contributed by atoms with Gasteiger partial charge in [0, 0.05) is 5.33 Å². The largest absolute Gasteiger partial charge is 0.462 e. The molecular formula is C14H19BrO2. The molecule has 0 N–H and O–H groups in total. The van der Waals surface area contributed by atoms with E-state index in [-0.39, 0.29) is 5.97 Å². The maximum absolute atomic E-state index is 11.6. The van der Waals surface area contributed by atoms with E-state index in [1.54, 1.807) is 0 Å². The van der Waals surface area contributed by atoms with Crippen molar-refractivity contribution in [3.8, 4) is 0 Å². The Labute approximate surface area is 111 Å². The summed E-state index contributed by atoms with van der Waals surface area (Å²) in [7, 11) is 0. The van der Waals surface area contributed by atoms with Crippen molar-refractivity contribution in [2.24, 2.45) is 0 Å². The van der Waals surface area contributed by atoms with Gasteiger partial charge < -0.3 is 4.74 Å². The Bertz CT molecular complexity index is 374. The van der Waals surface area contributed by atoms with Crippen LogP contribution in [0.2, 0.25) is 0 Å². The maximum Gasteiger partial charge on any atom is 0.338 e. The first-order chi connectivity index (χ1) is 8.22. The first kappa shape index (κ1) is 14.2. The van der Waals surface area contributed by atoms with Crippen LogP contribution in [0.4, 0.5) is 0 Å². The van der Waals surface area contributed by atoms with Crippen LogP contribution >= 0.6 is 15.9 Å². The molecule has 0 aliphatic heterocycles. The van der Waals surface area contributed by atoms with Gasteiger partial charge in [0.2, 0.25) is 0 Å². The fourth-order valence-corrected chi connectivity index (χ4v) is 2.08. The Hall–Kier alpha value is -0.830. The van der Waals surface area contributed by atoms with Crippen molar-refractivity contribution in [2.45, 2.75) is 33.1 Å². The van der Waals surface area contributed by atoms with Gasteiger partial charge in [-0.25, -0.2) is 4.79 Å². The Morgan fingerprint density at radius 2 is 2.06 bits per heavy atom. The fraction of sp³-hybridized carbons (Fsp3) is 0.500. The van der Waals surface area contributed by atoms with Gasteiger partial charge in [0.25, 0.3) is 0 Å². The lowest BCUT2D eigenvalue weighted by Gasteiger charge is -2.09. The Morgan fingerprint density at radius 1 is 1.29 bits per heavy atom. The minimum Gasteiger partial charge on any atom is -0.462 e. The first-order valence-electron chi connectivity index (χ1n) is 6.07. The summed E-state index contributed by atoms with van der Waals surface area (Å²) in [4.78, 5) is 11.6. The molecule has 0 spiro atoms. The highest BCUT2D eigenvalue weighted by Gasteiger charge is 2.09. The second kappa shape index (κ2) is 7.49. The van der Waals surface area contributed by atoms with Crippen LogP contribution in [0.25, 0.3) is 0 Å². The molecule has 17 heavy (non-hydrogen) atoms. The maximum atomic E-state index is 11.6. The van der Waals surface area contributed by atoms with E-state index in [1.165, 1.54) is 11.1 Å². The molecule has 0 bridgehead atoms. The predicted molar refractivity (Wildman–Crippen MR) is 73.9 cm³/mol. The number of esters is 1. The van der Waals surface area contributed by atoms with Gasteiger partial charge in [0.05, 0.1) is 12.2 Å². The van der Waals surface area contributed by atoms with Crippen LogP contribution < -0.4 is 0 Å². The predicted octanol–water partition coefficient (Wildman–Crippen LogP) is 3.75. The van der Waals surface area contributed by atoms with Crippen molar-refractivity contribution in [1.82, 2.24) is 0 Å². The van der Waals surface area contributed by atoms with Crippen LogP contribution in [0.5, 0.6) is 0 Å². The lowest BCUT2D eigenvalue weighted by Crippen LogP contribution is -2.06. The number of alkyl halides is 1. The number of aryl methyl sites for hydroxylation is 2. The molecule has 94 valence electrons. The summed E-state index contributed by atoms with van der Waals surface area (Å²) in [5, 5.41) is 0.986. The lowest BCUT2D eigenvalue weighted by molar-refractivity contribution is 0.0526. The molecule has 1 aromatic rings. The quantitative estimate of drug-likeness (QED) is 0.590. The smallest absolute Gasteiger partial charge is 0.338 e. The number of hydrogen-bond acceptors (Lipinski definition) is 2. The topological polar surface area (TPSA) is 26.3 Å². The molecule has 1 aromatic carbocycles.